The van der Waals surface area contributed by atoms with E-state index in [0.717, 1.165) is 24.2 Å². The minimum atomic E-state index is -0.935. The molecule has 1 aromatic carbocycles. The molecule has 0 unspecified atom stereocenters. The molecule has 2 N–H and O–H groups in total. The molecule has 5 nitrogen and oxygen atoms in total. The third kappa shape index (κ3) is 3.51. The number of rotatable bonds is 5. The second-order valence-corrected chi connectivity index (χ2v) is 4.17. The van der Waals surface area contributed by atoms with Crippen molar-refractivity contribution in [3.63, 3.8) is 0 Å². The van der Waals surface area contributed by atoms with Crippen molar-refractivity contribution in [1.29, 1.82) is 0 Å². The highest BCUT2D eigenvalue weighted by Gasteiger charge is 2.02. The smallest absolute Gasteiger partial charge is 0.335 e. The number of nitrogens with zero attached hydrogens (tertiary/aromatic N) is 2. The van der Waals surface area contributed by atoms with Crippen LogP contribution in [0.3, 0.4) is 0 Å². The Morgan fingerprint density at radius 3 is 2.42 bits per heavy atom. The van der Waals surface area contributed by atoms with Gasteiger partial charge in [0.05, 0.1) is 11.3 Å². The number of carboxylic acids is 1. The molecule has 0 fully saturated rings. The first-order chi connectivity index (χ1) is 9.19. The van der Waals surface area contributed by atoms with Crippen LogP contribution in [-0.4, -0.2) is 21.3 Å². The highest BCUT2D eigenvalue weighted by molar-refractivity contribution is 5.88. The number of carboxylic acid groups (broad SMARTS) is 1. The standard InChI is InChI=1S/C14H15N3O2/c1-2-3-12-8-9-13(17-16-12)15-11-6-4-10(5-7-11)14(18)19/h4-9H,2-3H2,1H3,(H,15,17)(H,18,19). The average Bonchev–Trinajstić information content (AvgIpc) is 2.42. The Morgan fingerprint density at radius 1 is 1.16 bits per heavy atom. The van der Waals surface area contributed by atoms with E-state index in [1.807, 2.05) is 12.1 Å². The van der Waals surface area contributed by atoms with Gasteiger partial charge in [-0.3, -0.25) is 0 Å². The number of hydrogen-bond acceptors (Lipinski definition) is 4. The van der Waals surface area contributed by atoms with Crippen molar-refractivity contribution in [2.75, 3.05) is 5.32 Å². The number of nitrogens with one attached hydrogen (secondary N) is 1. The van der Waals surface area contributed by atoms with Crippen LogP contribution < -0.4 is 5.32 Å². The maximum Gasteiger partial charge on any atom is 0.335 e. The summed E-state index contributed by atoms with van der Waals surface area (Å²) in [6, 6.07) is 10.3. The molecule has 1 heterocycles. The van der Waals surface area contributed by atoms with E-state index in [-0.39, 0.29) is 5.56 Å². The van der Waals surface area contributed by atoms with E-state index >= 15 is 0 Å². The number of aromatic nitrogens is 2. The lowest BCUT2D eigenvalue weighted by Crippen LogP contribution is -1.99. The fourth-order valence-corrected chi connectivity index (χ4v) is 1.66. The molecule has 1 aromatic heterocycles. The second-order valence-electron chi connectivity index (χ2n) is 4.17. The molecular weight excluding hydrogens is 242 g/mol. The quantitative estimate of drug-likeness (QED) is 0.861. The van der Waals surface area contributed by atoms with Crippen molar-refractivity contribution >= 4 is 17.5 Å². The summed E-state index contributed by atoms with van der Waals surface area (Å²) < 4.78 is 0. The molecule has 0 amide bonds. The van der Waals surface area contributed by atoms with Crippen molar-refractivity contribution in [1.82, 2.24) is 10.2 Å². The van der Waals surface area contributed by atoms with Crippen LogP contribution in [-0.2, 0) is 6.42 Å². The molecular formula is C14H15N3O2. The molecule has 0 atom stereocenters. The lowest BCUT2D eigenvalue weighted by atomic mass is 10.2. The minimum absolute atomic E-state index is 0.259. The van der Waals surface area contributed by atoms with Gasteiger partial charge in [-0.2, -0.15) is 5.10 Å². The van der Waals surface area contributed by atoms with Gasteiger partial charge in [0.1, 0.15) is 0 Å². The number of aromatic carboxylic acids is 1. The van der Waals surface area contributed by atoms with Crippen LogP contribution in [0.4, 0.5) is 11.5 Å². The van der Waals surface area contributed by atoms with Gasteiger partial charge in [-0.15, -0.1) is 5.10 Å². The van der Waals surface area contributed by atoms with Gasteiger partial charge in [0.15, 0.2) is 5.82 Å². The highest BCUT2D eigenvalue weighted by atomic mass is 16.4. The van der Waals surface area contributed by atoms with Gasteiger partial charge in [0.2, 0.25) is 0 Å². The summed E-state index contributed by atoms with van der Waals surface area (Å²) in [6.45, 7) is 2.10. The minimum Gasteiger partial charge on any atom is -0.478 e. The van der Waals surface area contributed by atoms with Gasteiger partial charge in [0, 0.05) is 5.69 Å². The number of hydrogen-bond donors (Lipinski definition) is 2. The molecule has 0 saturated carbocycles. The second kappa shape index (κ2) is 5.95. The van der Waals surface area contributed by atoms with Crippen molar-refractivity contribution in [3.05, 3.63) is 47.7 Å². The van der Waals surface area contributed by atoms with E-state index in [9.17, 15) is 4.79 Å². The van der Waals surface area contributed by atoms with Gasteiger partial charge in [-0.25, -0.2) is 4.79 Å². The van der Waals surface area contributed by atoms with Crippen molar-refractivity contribution in [2.45, 2.75) is 19.8 Å². The zero-order valence-corrected chi connectivity index (χ0v) is 10.6. The SMILES string of the molecule is CCCc1ccc(Nc2ccc(C(=O)O)cc2)nn1. The molecule has 0 radical (unpaired) electrons. The number of anilines is 2. The first-order valence-corrected chi connectivity index (χ1v) is 6.12. The third-order valence-electron chi connectivity index (χ3n) is 2.63. The highest BCUT2D eigenvalue weighted by Crippen LogP contribution is 2.15. The first-order valence-electron chi connectivity index (χ1n) is 6.12. The predicted molar refractivity (Wildman–Crippen MR) is 72.7 cm³/mol. The zero-order valence-electron chi connectivity index (χ0n) is 10.6. The maximum atomic E-state index is 10.7. The summed E-state index contributed by atoms with van der Waals surface area (Å²) in [5, 5.41) is 20.1. The summed E-state index contributed by atoms with van der Waals surface area (Å²) in [5.74, 6) is -0.293. The molecule has 19 heavy (non-hydrogen) atoms. The maximum absolute atomic E-state index is 10.7. The Morgan fingerprint density at radius 2 is 1.89 bits per heavy atom. The normalized spacial score (nSPS) is 10.2. The summed E-state index contributed by atoms with van der Waals surface area (Å²) in [7, 11) is 0. The monoisotopic (exact) mass is 257 g/mol. The van der Waals surface area contributed by atoms with E-state index in [4.69, 9.17) is 5.11 Å². The molecule has 98 valence electrons. The molecule has 0 aliphatic heterocycles. The van der Waals surface area contributed by atoms with Crippen molar-refractivity contribution in [2.24, 2.45) is 0 Å². The molecule has 2 rings (SSSR count). The van der Waals surface area contributed by atoms with Crippen molar-refractivity contribution < 1.29 is 9.90 Å². The molecule has 0 aliphatic rings. The van der Waals surface area contributed by atoms with E-state index in [0.29, 0.717) is 5.82 Å². The predicted octanol–water partition coefficient (Wildman–Crippen LogP) is 2.87. The van der Waals surface area contributed by atoms with Crippen LogP contribution in [0, 0.1) is 0 Å². The number of benzene rings is 1. The van der Waals surface area contributed by atoms with Gasteiger partial charge in [0.25, 0.3) is 0 Å². The lowest BCUT2D eigenvalue weighted by Gasteiger charge is -2.05. The Bertz CT molecular complexity index is 550. The number of carbonyl (C=O) groups is 1. The van der Waals surface area contributed by atoms with Crippen LogP contribution in [0.5, 0.6) is 0 Å². The Labute approximate surface area is 111 Å². The van der Waals surface area contributed by atoms with Gasteiger partial charge in [-0.05, 0) is 42.8 Å². The van der Waals surface area contributed by atoms with E-state index in [1.165, 1.54) is 0 Å². The Hall–Kier alpha value is -2.43. The summed E-state index contributed by atoms with van der Waals surface area (Å²) in [6.07, 6.45) is 1.96. The lowest BCUT2D eigenvalue weighted by molar-refractivity contribution is 0.0697. The average molecular weight is 257 g/mol. The Kier molecular flexibility index (Phi) is 4.07. The molecule has 0 spiro atoms. The Balaban J connectivity index is 2.06. The van der Waals surface area contributed by atoms with Gasteiger partial charge < -0.3 is 10.4 Å². The topological polar surface area (TPSA) is 75.1 Å². The largest absolute Gasteiger partial charge is 0.478 e. The van der Waals surface area contributed by atoms with Crippen LogP contribution in [0.25, 0.3) is 0 Å². The summed E-state index contributed by atoms with van der Waals surface area (Å²) >= 11 is 0. The molecule has 0 aliphatic carbocycles. The summed E-state index contributed by atoms with van der Waals surface area (Å²) in [4.78, 5) is 10.7. The van der Waals surface area contributed by atoms with Crippen LogP contribution >= 0.6 is 0 Å². The first kappa shape index (κ1) is 13.0. The fraction of sp³-hybridized carbons (Fsp3) is 0.214. The van der Waals surface area contributed by atoms with E-state index < -0.39 is 5.97 Å². The van der Waals surface area contributed by atoms with Crippen LogP contribution in [0.2, 0.25) is 0 Å². The molecule has 0 bridgehead atoms. The van der Waals surface area contributed by atoms with Crippen LogP contribution in [0.15, 0.2) is 36.4 Å². The summed E-state index contributed by atoms with van der Waals surface area (Å²) in [5.41, 5.74) is 2.01. The number of aryl methyl sites for hydroxylation is 1. The van der Waals surface area contributed by atoms with Gasteiger partial charge in [-0.1, -0.05) is 13.3 Å². The van der Waals surface area contributed by atoms with Crippen molar-refractivity contribution in [3.8, 4) is 0 Å². The fourth-order valence-electron chi connectivity index (χ4n) is 1.66. The van der Waals surface area contributed by atoms with E-state index in [1.54, 1.807) is 24.3 Å². The van der Waals surface area contributed by atoms with Gasteiger partial charge >= 0.3 is 5.97 Å². The molecule has 0 saturated heterocycles. The molecule has 5 heteroatoms. The zero-order chi connectivity index (χ0) is 13.7. The third-order valence-corrected chi connectivity index (χ3v) is 2.63. The molecule has 2 aromatic rings. The van der Waals surface area contributed by atoms with E-state index in [2.05, 4.69) is 22.4 Å². The van der Waals surface area contributed by atoms with Crippen LogP contribution in [0.1, 0.15) is 29.4 Å².